The molecule has 0 aromatic heterocycles. The zero-order chi connectivity index (χ0) is 16.9. The number of carbonyl (C=O) groups is 1. The lowest BCUT2D eigenvalue weighted by atomic mass is 10.1. The Kier molecular flexibility index (Phi) is 4.66. The molecule has 2 nitrogen and oxygen atoms in total. The summed E-state index contributed by atoms with van der Waals surface area (Å²) < 4.78 is 28.1. The third kappa shape index (κ3) is 3.33. The van der Waals surface area contributed by atoms with Crippen molar-refractivity contribution in [3.63, 3.8) is 0 Å². The first-order valence-electron chi connectivity index (χ1n) is 7.51. The van der Waals surface area contributed by atoms with Gasteiger partial charge < -0.3 is 4.90 Å². The SMILES string of the molecule is O=C(c1c(F)cccc1F)N(Cc1ccccc1)c1ccccc1. The lowest BCUT2D eigenvalue weighted by Crippen LogP contribution is -2.31. The zero-order valence-electron chi connectivity index (χ0n) is 12.8. The van der Waals surface area contributed by atoms with Gasteiger partial charge in [-0.2, -0.15) is 0 Å². The average molecular weight is 323 g/mol. The number of para-hydroxylation sites is 1. The van der Waals surface area contributed by atoms with Crippen molar-refractivity contribution in [2.75, 3.05) is 4.90 Å². The second-order valence-electron chi connectivity index (χ2n) is 5.31. The topological polar surface area (TPSA) is 20.3 Å². The number of hydrogen-bond donors (Lipinski definition) is 0. The molecule has 0 atom stereocenters. The van der Waals surface area contributed by atoms with Gasteiger partial charge in [-0.3, -0.25) is 4.79 Å². The quantitative estimate of drug-likeness (QED) is 0.674. The van der Waals surface area contributed by atoms with Gasteiger partial charge in [0.25, 0.3) is 5.91 Å². The van der Waals surface area contributed by atoms with E-state index in [0.717, 1.165) is 17.7 Å². The highest BCUT2D eigenvalue weighted by Crippen LogP contribution is 2.22. The van der Waals surface area contributed by atoms with Gasteiger partial charge in [0.1, 0.15) is 17.2 Å². The minimum Gasteiger partial charge on any atom is -0.304 e. The van der Waals surface area contributed by atoms with Crippen molar-refractivity contribution < 1.29 is 13.6 Å². The number of nitrogens with zero attached hydrogens (tertiary/aromatic N) is 1. The minimum atomic E-state index is -0.867. The summed E-state index contributed by atoms with van der Waals surface area (Å²) in [5.41, 5.74) is 0.901. The maximum absolute atomic E-state index is 14.0. The fraction of sp³-hybridized carbons (Fsp3) is 0.0500. The summed E-state index contributed by atoms with van der Waals surface area (Å²) >= 11 is 0. The molecule has 3 rings (SSSR count). The molecule has 120 valence electrons. The van der Waals surface area contributed by atoms with Crippen molar-refractivity contribution in [3.05, 3.63) is 102 Å². The van der Waals surface area contributed by atoms with E-state index in [1.54, 1.807) is 24.3 Å². The summed E-state index contributed by atoms with van der Waals surface area (Å²) in [6.45, 7) is 0.220. The second kappa shape index (κ2) is 7.04. The predicted octanol–water partition coefficient (Wildman–Crippen LogP) is 4.81. The molecule has 0 radical (unpaired) electrons. The molecule has 0 unspecified atom stereocenters. The van der Waals surface area contributed by atoms with E-state index in [4.69, 9.17) is 0 Å². The number of anilines is 1. The molecule has 0 heterocycles. The van der Waals surface area contributed by atoms with E-state index in [-0.39, 0.29) is 6.54 Å². The van der Waals surface area contributed by atoms with Gasteiger partial charge in [0.15, 0.2) is 0 Å². The standard InChI is InChI=1S/C20H15F2NO/c21-17-12-7-13-18(22)19(17)20(24)23(16-10-5-2-6-11-16)14-15-8-3-1-4-9-15/h1-13H,14H2. The predicted molar refractivity (Wildman–Crippen MR) is 89.8 cm³/mol. The molecule has 4 heteroatoms. The van der Waals surface area contributed by atoms with E-state index in [9.17, 15) is 13.6 Å². The summed E-state index contributed by atoms with van der Waals surface area (Å²) in [6.07, 6.45) is 0. The molecule has 0 aliphatic carbocycles. The molecule has 0 fully saturated rings. The van der Waals surface area contributed by atoms with Crippen LogP contribution in [0.2, 0.25) is 0 Å². The Morgan fingerprint density at radius 2 is 1.29 bits per heavy atom. The van der Waals surface area contributed by atoms with Crippen LogP contribution in [0.4, 0.5) is 14.5 Å². The molecule has 24 heavy (non-hydrogen) atoms. The fourth-order valence-electron chi connectivity index (χ4n) is 2.49. The minimum absolute atomic E-state index is 0.220. The Hall–Kier alpha value is -3.01. The van der Waals surface area contributed by atoms with E-state index < -0.39 is 23.1 Å². The highest BCUT2D eigenvalue weighted by Gasteiger charge is 2.24. The molecule has 0 spiro atoms. The van der Waals surface area contributed by atoms with Crippen LogP contribution in [-0.2, 0) is 6.54 Å². The monoisotopic (exact) mass is 323 g/mol. The molecule has 0 N–H and O–H groups in total. The zero-order valence-corrected chi connectivity index (χ0v) is 12.8. The number of rotatable bonds is 4. The van der Waals surface area contributed by atoms with Crippen molar-refractivity contribution in [2.45, 2.75) is 6.54 Å². The van der Waals surface area contributed by atoms with Crippen molar-refractivity contribution in [2.24, 2.45) is 0 Å². The summed E-state index contributed by atoms with van der Waals surface area (Å²) in [5, 5.41) is 0. The third-order valence-electron chi connectivity index (χ3n) is 3.67. The Labute approximate surface area is 139 Å². The third-order valence-corrected chi connectivity index (χ3v) is 3.67. The van der Waals surface area contributed by atoms with Gasteiger partial charge in [-0.15, -0.1) is 0 Å². The van der Waals surface area contributed by atoms with Crippen LogP contribution in [0.5, 0.6) is 0 Å². The van der Waals surface area contributed by atoms with Crippen LogP contribution >= 0.6 is 0 Å². The highest BCUT2D eigenvalue weighted by molar-refractivity contribution is 6.06. The van der Waals surface area contributed by atoms with Crippen LogP contribution in [0.3, 0.4) is 0 Å². The van der Waals surface area contributed by atoms with Crippen molar-refractivity contribution in [3.8, 4) is 0 Å². The maximum Gasteiger partial charge on any atom is 0.264 e. The lowest BCUT2D eigenvalue weighted by molar-refractivity contribution is 0.0977. The summed E-state index contributed by atoms with van der Waals surface area (Å²) in [5.74, 6) is -2.44. The Morgan fingerprint density at radius 3 is 1.88 bits per heavy atom. The van der Waals surface area contributed by atoms with Crippen molar-refractivity contribution >= 4 is 11.6 Å². The molecule has 3 aromatic carbocycles. The molecule has 0 saturated carbocycles. The van der Waals surface area contributed by atoms with E-state index in [1.165, 1.54) is 11.0 Å². The van der Waals surface area contributed by atoms with E-state index >= 15 is 0 Å². The van der Waals surface area contributed by atoms with E-state index in [2.05, 4.69) is 0 Å². The van der Waals surface area contributed by atoms with Crippen LogP contribution in [0.1, 0.15) is 15.9 Å². The van der Waals surface area contributed by atoms with Gasteiger partial charge in [0, 0.05) is 5.69 Å². The smallest absolute Gasteiger partial charge is 0.264 e. The van der Waals surface area contributed by atoms with Crippen LogP contribution < -0.4 is 4.90 Å². The summed E-state index contributed by atoms with van der Waals surface area (Å²) in [7, 11) is 0. The van der Waals surface area contributed by atoms with Gasteiger partial charge in [-0.1, -0.05) is 54.6 Å². The van der Waals surface area contributed by atoms with E-state index in [0.29, 0.717) is 5.69 Å². The molecule has 3 aromatic rings. The molecular formula is C20H15F2NO. The Balaban J connectivity index is 2.03. The highest BCUT2D eigenvalue weighted by atomic mass is 19.1. The maximum atomic E-state index is 14.0. The van der Waals surface area contributed by atoms with Gasteiger partial charge in [-0.05, 0) is 29.8 Å². The Bertz CT molecular complexity index is 815. The normalized spacial score (nSPS) is 10.4. The Morgan fingerprint density at radius 1 is 0.750 bits per heavy atom. The van der Waals surface area contributed by atoms with Gasteiger partial charge in [0.05, 0.1) is 6.54 Å². The molecule has 0 saturated heterocycles. The molecule has 0 aliphatic heterocycles. The fourth-order valence-corrected chi connectivity index (χ4v) is 2.49. The van der Waals surface area contributed by atoms with Crippen LogP contribution in [0.25, 0.3) is 0 Å². The number of halogens is 2. The summed E-state index contributed by atoms with van der Waals surface area (Å²) in [6, 6.07) is 21.6. The number of amides is 1. The number of benzene rings is 3. The molecular weight excluding hydrogens is 308 g/mol. The number of hydrogen-bond acceptors (Lipinski definition) is 1. The van der Waals surface area contributed by atoms with Gasteiger partial charge in [0.2, 0.25) is 0 Å². The van der Waals surface area contributed by atoms with Crippen LogP contribution in [-0.4, -0.2) is 5.91 Å². The summed E-state index contributed by atoms with van der Waals surface area (Å²) in [4.78, 5) is 14.2. The first kappa shape index (κ1) is 15.9. The van der Waals surface area contributed by atoms with E-state index in [1.807, 2.05) is 36.4 Å². The molecule has 1 amide bonds. The largest absolute Gasteiger partial charge is 0.304 e. The van der Waals surface area contributed by atoms with Crippen molar-refractivity contribution in [1.29, 1.82) is 0 Å². The number of carbonyl (C=O) groups excluding carboxylic acids is 1. The van der Waals surface area contributed by atoms with Gasteiger partial charge in [-0.25, -0.2) is 8.78 Å². The van der Waals surface area contributed by atoms with Crippen molar-refractivity contribution in [1.82, 2.24) is 0 Å². The van der Waals surface area contributed by atoms with Crippen LogP contribution in [0, 0.1) is 11.6 Å². The lowest BCUT2D eigenvalue weighted by Gasteiger charge is -2.23. The molecule has 0 bridgehead atoms. The first-order valence-corrected chi connectivity index (χ1v) is 7.51. The van der Waals surface area contributed by atoms with Crippen LogP contribution in [0.15, 0.2) is 78.9 Å². The average Bonchev–Trinajstić information content (AvgIpc) is 2.61. The second-order valence-corrected chi connectivity index (χ2v) is 5.31. The van der Waals surface area contributed by atoms with Gasteiger partial charge >= 0.3 is 0 Å². The first-order chi connectivity index (χ1) is 11.7. The molecule has 0 aliphatic rings.